The van der Waals surface area contributed by atoms with Gasteiger partial charge < -0.3 is 5.11 Å². The molecule has 1 aromatic carbocycles. The highest BCUT2D eigenvalue weighted by Gasteiger charge is 2.40. The first kappa shape index (κ1) is 9.22. The molecule has 1 fully saturated rings. The predicted molar refractivity (Wildman–Crippen MR) is 56.8 cm³/mol. The summed E-state index contributed by atoms with van der Waals surface area (Å²) in [5.41, 5.74) is 2.08. The van der Waals surface area contributed by atoms with E-state index in [1.165, 1.54) is 11.1 Å². The van der Waals surface area contributed by atoms with Crippen LogP contribution in [0, 0.1) is 6.92 Å². The van der Waals surface area contributed by atoms with Gasteiger partial charge in [0.15, 0.2) is 0 Å². The third-order valence-electron chi connectivity index (χ3n) is 2.55. The van der Waals surface area contributed by atoms with E-state index in [4.69, 9.17) is 0 Å². The van der Waals surface area contributed by atoms with Gasteiger partial charge in [-0.2, -0.15) is 0 Å². The van der Waals surface area contributed by atoms with E-state index in [0.717, 1.165) is 23.7 Å². The maximum atomic E-state index is 9.78. The van der Waals surface area contributed by atoms with Crippen LogP contribution in [0.2, 0.25) is 0 Å². The first-order valence-corrected chi connectivity index (χ1v) is 5.36. The van der Waals surface area contributed by atoms with Crippen molar-refractivity contribution in [3.05, 3.63) is 33.8 Å². The largest absolute Gasteiger partial charge is 0.390 e. The van der Waals surface area contributed by atoms with Crippen LogP contribution in [0.1, 0.15) is 24.0 Å². The molecule has 0 aliphatic heterocycles. The van der Waals surface area contributed by atoms with Gasteiger partial charge in [-0.15, -0.1) is 0 Å². The van der Waals surface area contributed by atoms with Gasteiger partial charge >= 0.3 is 0 Å². The zero-order valence-corrected chi connectivity index (χ0v) is 9.26. The van der Waals surface area contributed by atoms with Gasteiger partial charge in [0.05, 0.1) is 5.60 Å². The Kier molecular flexibility index (Phi) is 2.20. The highest BCUT2D eigenvalue weighted by molar-refractivity contribution is 9.10. The normalized spacial score (nSPS) is 18.7. The van der Waals surface area contributed by atoms with E-state index < -0.39 is 5.60 Å². The van der Waals surface area contributed by atoms with E-state index in [2.05, 4.69) is 41.1 Å². The zero-order chi connectivity index (χ0) is 9.47. The lowest BCUT2D eigenvalue weighted by Crippen LogP contribution is -2.11. The Morgan fingerprint density at radius 1 is 1.46 bits per heavy atom. The maximum absolute atomic E-state index is 9.78. The van der Waals surface area contributed by atoms with Crippen molar-refractivity contribution in [2.24, 2.45) is 0 Å². The molecule has 13 heavy (non-hydrogen) atoms. The number of aliphatic hydroxyl groups is 1. The molecule has 2 heteroatoms. The monoisotopic (exact) mass is 240 g/mol. The molecule has 0 saturated heterocycles. The Morgan fingerprint density at radius 2 is 2.15 bits per heavy atom. The predicted octanol–water partition coefficient (Wildman–Crippen LogP) is 2.82. The molecular formula is C11H13BrO. The summed E-state index contributed by atoms with van der Waals surface area (Å²) < 4.78 is 1.11. The lowest BCUT2D eigenvalue weighted by Gasteiger charge is -2.09. The minimum atomic E-state index is -0.393. The number of hydrogen-bond donors (Lipinski definition) is 1. The van der Waals surface area contributed by atoms with E-state index in [9.17, 15) is 5.11 Å². The molecule has 0 spiro atoms. The van der Waals surface area contributed by atoms with E-state index in [-0.39, 0.29) is 0 Å². The van der Waals surface area contributed by atoms with Gasteiger partial charge in [0.1, 0.15) is 0 Å². The van der Waals surface area contributed by atoms with Crippen LogP contribution in [0.3, 0.4) is 0 Å². The minimum Gasteiger partial charge on any atom is -0.390 e. The van der Waals surface area contributed by atoms with Crippen molar-refractivity contribution in [3.8, 4) is 0 Å². The summed E-state index contributed by atoms with van der Waals surface area (Å²) in [4.78, 5) is 0. The van der Waals surface area contributed by atoms with Gasteiger partial charge in [0, 0.05) is 10.9 Å². The van der Waals surface area contributed by atoms with E-state index in [0.29, 0.717) is 0 Å². The number of aryl methyl sites for hydroxylation is 1. The summed E-state index contributed by atoms with van der Waals surface area (Å²) in [5.74, 6) is 0. The van der Waals surface area contributed by atoms with Gasteiger partial charge in [0.2, 0.25) is 0 Å². The maximum Gasteiger partial charge on any atom is 0.0690 e. The van der Waals surface area contributed by atoms with Crippen LogP contribution in [-0.2, 0) is 6.42 Å². The molecule has 0 radical (unpaired) electrons. The third kappa shape index (κ3) is 2.12. The second kappa shape index (κ2) is 3.10. The zero-order valence-electron chi connectivity index (χ0n) is 7.68. The van der Waals surface area contributed by atoms with Gasteiger partial charge in [-0.05, 0) is 31.4 Å². The minimum absolute atomic E-state index is 0.393. The quantitative estimate of drug-likeness (QED) is 0.844. The lowest BCUT2D eigenvalue weighted by molar-refractivity contribution is 0.151. The molecule has 0 amide bonds. The van der Waals surface area contributed by atoms with Crippen molar-refractivity contribution in [1.29, 1.82) is 0 Å². The summed E-state index contributed by atoms with van der Waals surface area (Å²) in [5, 5.41) is 9.78. The molecule has 1 aromatic rings. The van der Waals surface area contributed by atoms with Crippen molar-refractivity contribution in [3.63, 3.8) is 0 Å². The number of benzene rings is 1. The van der Waals surface area contributed by atoms with E-state index in [1.54, 1.807) is 0 Å². The smallest absolute Gasteiger partial charge is 0.0690 e. The third-order valence-corrected chi connectivity index (χ3v) is 3.32. The van der Waals surface area contributed by atoms with Gasteiger partial charge in [-0.1, -0.05) is 33.6 Å². The van der Waals surface area contributed by atoms with Gasteiger partial charge in [0.25, 0.3) is 0 Å². The van der Waals surface area contributed by atoms with Crippen LogP contribution in [0.15, 0.2) is 22.7 Å². The van der Waals surface area contributed by atoms with Crippen LogP contribution in [0.5, 0.6) is 0 Å². The number of hydrogen-bond acceptors (Lipinski definition) is 1. The number of halogens is 1. The molecule has 1 aliphatic rings. The summed E-state index contributed by atoms with van der Waals surface area (Å²) in [6, 6.07) is 6.27. The first-order valence-electron chi connectivity index (χ1n) is 4.56. The Morgan fingerprint density at radius 3 is 2.77 bits per heavy atom. The summed E-state index contributed by atoms with van der Waals surface area (Å²) in [6.45, 7) is 2.08. The van der Waals surface area contributed by atoms with Crippen molar-refractivity contribution in [2.45, 2.75) is 31.8 Å². The molecule has 0 bridgehead atoms. The summed E-state index contributed by atoms with van der Waals surface area (Å²) >= 11 is 3.50. The Labute approximate surface area is 86.9 Å². The Balaban J connectivity index is 2.23. The molecule has 1 nitrogen and oxygen atoms in total. The van der Waals surface area contributed by atoms with Crippen LogP contribution >= 0.6 is 15.9 Å². The molecular weight excluding hydrogens is 228 g/mol. The first-order chi connectivity index (χ1) is 6.09. The van der Waals surface area contributed by atoms with Crippen molar-refractivity contribution in [2.75, 3.05) is 0 Å². The van der Waals surface area contributed by atoms with Crippen LogP contribution < -0.4 is 0 Å². The second-order valence-electron chi connectivity index (χ2n) is 4.00. The molecule has 70 valence electrons. The van der Waals surface area contributed by atoms with E-state index >= 15 is 0 Å². The fourth-order valence-electron chi connectivity index (χ4n) is 1.51. The summed E-state index contributed by atoms with van der Waals surface area (Å²) in [6.07, 6.45) is 2.69. The molecule has 1 saturated carbocycles. The van der Waals surface area contributed by atoms with Crippen LogP contribution in [0.4, 0.5) is 0 Å². The Hall–Kier alpha value is -0.340. The molecule has 0 aromatic heterocycles. The summed E-state index contributed by atoms with van der Waals surface area (Å²) in [7, 11) is 0. The SMILES string of the molecule is Cc1ccc(Br)c(CC2(O)CC2)c1. The highest BCUT2D eigenvalue weighted by atomic mass is 79.9. The van der Waals surface area contributed by atoms with E-state index in [1.807, 2.05) is 0 Å². The molecule has 0 heterocycles. The highest BCUT2D eigenvalue weighted by Crippen LogP contribution is 2.39. The van der Waals surface area contributed by atoms with Gasteiger partial charge in [-0.3, -0.25) is 0 Å². The molecule has 2 rings (SSSR count). The fraction of sp³-hybridized carbons (Fsp3) is 0.455. The molecule has 0 atom stereocenters. The fourth-order valence-corrected chi connectivity index (χ4v) is 1.90. The van der Waals surface area contributed by atoms with Crippen molar-refractivity contribution < 1.29 is 5.11 Å². The average Bonchev–Trinajstić information content (AvgIpc) is 2.76. The van der Waals surface area contributed by atoms with Gasteiger partial charge in [-0.25, -0.2) is 0 Å². The Bertz CT molecular complexity index is 329. The van der Waals surface area contributed by atoms with Crippen LogP contribution in [0.25, 0.3) is 0 Å². The molecule has 1 aliphatic carbocycles. The number of rotatable bonds is 2. The second-order valence-corrected chi connectivity index (χ2v) is 4.85. The lowest BCUT2D eigenvalue weighted by atomic mass is 10.0. The van der Waals surface area contributed by atoms with Crippen molar-refractivity contribution >= 4 is 15.9 Å². The topological polar surface area (TPSA) is 20.2 Å². The standard InChI is InChI=1S/C11H13BrO/c1-8-2-3-10(12)9(6-8)7-11(13)4-5-11/h2-3,6,13H,4-5,7H2,1H3. The average molecular weight is 241 g/mol. The molecule has 1 N–H and O–H groups in total. The molecule has 0 unspecified atom stereocenters. The van der Waals surface area contributed by atoms with Crippen molar-refractivity contribution in [1.82, 2.24) is 0 Å². The van der Waals surface area contributed by atoms with Crippen LogP contribution in [-0.4, -0.2) is 10.7 Å².